The van der Waals surface area contributed by atoms with E-state index in [4.69, 9.17) is 4.42 Å². The van der Waals surface area contributed by atoms with Gasteiger partial charge in [0, 0.05) is 6.07 Å². The summed E-state index contributed by atoms with van der Waals surface area (Å²) in [5.74, 6) is -2.01. The highest BCUT2D eigenvalue weighted by Gasteiger charge is 2.21. The molecule has 0 aromatic carbocycles. The van der Waals surface area contributed by atoms with Crippen molar-refractivity contribution in [3.05, 3.63) is 23.2 Å². The maximum absolute atomic E-state index is 11.1. The SMILES string of the molecule is COC(=O)c1cc(C(=O)OC)c(C=O)o1. The fraction of sp³-hybridized carbons (Fsp3) is 0.222. The van der Waals surface area contributed by atoms with Crippen molar-refractivity contribution in [1.29, 1.82) is 0 Å². The smallest absolute Gasteiger partial charge is 0.374 e. The number of rotatable bonds is 3. The van der Waals surface area contributed by atoms with Crippen LogP contribution in [0.15, 0.2) is 10.5 Å². The van der Waals surface area contributed by atoms with Crippen molar-refractivity contribution in [2.24, 2.45) is 0 Å². The minimum atomic E-state index is -0.770. The van der Waals surface area contributed by atoms with Crippen molar-refractivity contribution >= 4 is 18.2 Å². The number of esters is 2. The standard InChI is InChI=1S/C9H8O6/c1-13-8(11)5-3-6(9(12)14-2)15-7(5)4-10/h3-4H,1-2H3. The van der Waals surface area contributed by atoms with E-state index < -0.39 is 11.9 Å². The van der Waals surface area contributed by atoms with Crippen LogP contribution >= 0.6 is 0 Å². The number of hydrogen-bond donors (Lipinski definition) is 0. The van der Waals surface area contributed by atoms with Crippen LogP contribution in [0.2, 0.25) is 0 Å². The first-order valence-electron chi connectivity index (χ1n) is 3.89. The van der Waals surface area contributed by atoms with Crippen LogP contribution < -0.4 is 0 Å². The zero-order chi connectivity index (χ0) is 11.4. The van der Waals surface area contributed by atoms with Crippen LogP contribution in [0.3, 0.4) is 0 Å². The van der Waals surface area contributed by atoms with Crippen LogP contribution in [0.1, 0.15) is 31.5 Å². The highest BCUT2D eigenvalue weighted by molar-refractivity contribution is 5.99. The number of ether oxygens (including phenoxy) is 2. The van der Waals surface area contributed by atoms with Gasteiger partial charge in [0.1, 0.15) is 5.56 Å². The number of carbonyl (C=O) groups is 3. The molecule has 1 aromatic rings. The summed E-state index contributed by atoms with van der Waals surface area (Å²) in [5.41, 5.74) is -0.104. The van der Waals surface area contributed by atoms with Gasteiger partial charge in [0.25, 0.3) is 0 Å². The third kappa shape index (κ3) is 2.04. The Morgan fingerprint density at radius 1 is 1.27 bits per heavy atom. The molecule has 0 bridgehead atoms. The average Bonchev–Trinajstić information content (AvgIpc) is 2.70. The first kappa shape index (κ1) is 11.0. The molecule has 0 unspecified atom stereocenters. The minimum absolute atomic E-state index is 0.104. The molecule has 0 atom stereocenters. The Morgan fingerprint density at radius 3 is 2.33 bits per heavy atom. The largest absolute Gasteiger partial charge is 0.465 e. The summed E-state index contributed by atoms with van der Waals surface area (Å²) in [4.78, 5) is 32.7. The predicted octanol–water partition coefficient (Wildman–Crippen LogP) is 0.665. The normalized spacial score (nSPS) is 9.47. The van der Waals surface area contributed by atoms with Crippen LogP contribution in [0.5, 0.6) is 0 Å². The van der Waals surface area contributed by atoms with E-state index in [1.54, 1.807) is 0 Å². The van der Waals surface area contributed by atoms with E-state index in [1.165, 1.54) is 0 Å². The second kappa shape index (κ2) is 4.41. The number of methoxy groups -OCH3 is 2. The zero-order valence-corrected chi connectivity index (χ0v) is 8.10. The van der Waals surface area contributed by atoms with Gasteiger partial charge in [-0.15, -0.1) is 0 Å². The third-order valence-corrected chi connectivity index (χ3v) is 1.66. The molecule has 0 amide bonds. The highest BCUT2D eigenvalue weighted by atomic mass is 16.5. The van der Waals surface area contributed by atoms with Crippen molar-refractivity contribution in [2.75, 3.05) is 14.2 Å². The van der Waals surface area contributed by atoms with Gasteiger partial charge in [-0.2, -0.15) is 0 Å². The third-order valence-electron chi connectivity index (χ3n) is 1.66. The highest BCUT2D eigenvalue weighted by Crippen LogP contribution is 2.15. The molecule has 0 fully saturated rings. The molecule has 0 saturated heterocycles. The van der Waals surface area contributed by atoms with Crippen LogP contribution in [0.4, 0.5) is 0 Å². The zero-order valence-electron chi connectivity index (χ0n) is 8.10. The number of furan rings is 1. The van der Waals surface area contributed by atoms with Crippen molar-refractivity contribution in [2.45, 2.75) is 0 Å². The predicted molar refractivity (Wildman–Crippen MR) is 46.8 cm³/mol. The maximum atomic E-state index is 11.1. The molecule has 80 valence electrons. The molecule has 0 aliphatic carbocycles. The molecule has 0 N–H and O–H groups in total. The molecular formula is C9H8O6. The van der Waals surface area contributed by atoms with Gasteiger partial charge in [-0.1, -0.05) is 0 Å². The van der Waals surface area contributed by atoms with Gasteiger partial charge in [0.2, 0.25) is 5.76 Å². The molecule has 1 aromatic heterocycles. The molecule has 0 aliphatic rings. The second-order valence-electron chi connectivity index (χ2n) is 2.49. The van der Waals surface area contributed by atoms with Gasteiger partial charge in [0.15, 0.2) is 12.0 Å². The lowest BCUT2D eigenvalue weighted by atomic mass is 10.2. The summed E-state index contributed by atoms with van der Waals surface area (Å²) in [7, 11) is 2.31. The van der Waals surface area contributed by atoms with Crippen molar-refractivity contribution < 1.29 is 28.3 Å². The first-order valence-corrected chi connectivity index (χ1v) is 3.89. The van der Waals surface area contributed by atoms with Crippen molar-refractivity contribution in [3.63, 3.8) is 0 Å². The first-order chi connectivity index (χ1) is 7.13. The summed E-state index contributed by atoms with van der Waals surface area (Å²) >= 11 is 0. The lowest BCUT2D eigenvalue weighted by Crippen LogP contribution is -2.02. The Morgan fingerprint density at radius 2 is 1.87 bits per heavy atom. The second-order valence-corrected chi connectivity index (χ2v) is 2.49. The topological polar surface area (TPSA) is 82.8 Å². The van der Waals surface area contributed by atoms with Crippen LogP contribution in [0, 0.1) is 0 Å². The van der Waals surface area contributed by atoms with Gasteiger partial charge in [-0.05, 0) is 0 Å². The van der Waals surface area contributed by atoms with E-state index >= 15 is 0 Å². The summed E-state index contributed by atoms with van der Waals surface area (Å²) in [6.45, 7) is 0. The molecule has 15 heavy (non-hydrogen) atoms. The van der Waals surface area contributed by atoms with Gasteiger partial charge in [0.05, 0.1) is 14.2 Å². The van der Waals surface area contributed by atoms with Crippen molar-refractivity contribution in [3.8, 4) is 0 Å². The number of hydrogen-bond acceptors (Lipinski definition) is 6. The summed E-state index contributed by atoms with van der Waals surface area (Å²) in [6.07, 6.45) is 0.318. The molecule has 0 saturated carbocycles. The molecule has 0 spiro atoms. The Hall–Kier alpha value is -2.11. The Bertz CT molecular complexity index is 403. The Labute approximate surface area is 84.8 Å². The van der Waals surface area contributed by atoms with Crippen LogP contribution in [0.25, 0.3) is 0 Å². The molecule has 6 heteroatoms. The van der Waals surface area contributed by atoms with Crippen LogP contribution in [-0.4, -0.2) is 32.4 Å². The molecule has 6 nitrogen and oxygen atoms in total. The quantitative estimate of drug-likeness (QED) is 0.540. The number of carbonyl (C=O) groups excluding carboxylic acids is 3. The van der Waals surface area contributed by atoms with Gasteiger partial charge < -0.3 is 13.9 Å². The summed E-state index contributed by atoms with van der Waals surface area (Å²) in [5, 5.41) is 0. The van der Waals surface area contributed by atoms with E-state index in [-0.39, 0.29) is 17.1 Å². The van der Waals surface area contributed by atoms with E-state index in [2.05, 4.69) is 9.47 Å². The number of aldehydes is 1. The lowest BCUT2D eigenvalue weighted by molar-refractivity contribution is 0.0561. The monoisotopic (exact) mass is 212 g/mol. The average molecular weight is 212 g/mol. The fourth-order valence-corrected chi connectivity index (χ4v) is 0.963. The summed E-state index contributed by atoms with van der Waals surface area (Å²) < 4.78 is 13.6. The van der Waals surface area contributed by atoms with E-state index in [0.717, 1.165) is 20.3 Å². The van der Waals surface area contributed by atoms with Gasteiger partial charge in [-0.25, -0.2) is 9.59 Å². The van der Waals surface area contributed by atoms with E-state index in [0.29, 0.717) is 6.29 Å². The molecule has 0 aliphatic heterocycles. The fourth-order valence-electron chi connectivity index (χ4n) is 0.963. The molecule has 1 heterocycles. The van der Waals surface area contributed by atoms with E-state index in [1.807, 2.05) is 0 Å². The van der Waals surface area contributed by atoms with Gasteiger partial charge in [-0.3, -0.25) is 4.79 Å². The Kier molecular flexibility index (Phi) is 3.22. The molecule has 0 radical (unpaired) electrons. The van der Waals surface area contributed by atoms with Gasteiger partial charge >= 0.3 is 11.9 Å². The molecule has 1 rings (SSSR count). The van der Waals surface area contributed by atoms with Crippen molar-refractivity contribution in [1.82, 2.24) is 0 Å². The van der Waals surface area contributed by atoms with E-state index in [9.17, 15) is 14.4 Å². The maximum Gasteiger partial charge on any atom is 0.374 e. The lowest BCUT2D eigenvalue weighted by Gasteiger charge is -1.92. The minimum Gasteiger partial charge on any atom is -0.465 e. The Balaban J connectivity index is 3.16. The summed E-state index contributed by atoms with van der Waals surface area (Å²) in [6, 6.07) is 1.10. The molecular weight excluding hydrogens is 204 g/mol. The van der Waals surface area contributed by atoms with Crippen LogP contribution in [-0.2, 0) is 9.47 Å².